The quantitative estimate of drug-likeness (QED) is 0.536. The summed E-state index contributed by atoms with van der Waals surface area (Å²) < 4.78 is 0. The van der Waals surface area contributed by atoms with Gasteiger partial charge in [-0.3, -0.25) is 9.59 Å². The first kappa shape index (κ1) is 12.5. The largest absolute Gasteiger partial charge is 0.507 e. The Bertz CT molecular complexity index is 639. The number of aliphatic hydroxyl groups excluding tert-OH is 2. The summed E-state index contributed by atoms with van der Waals surface area (Å²) in [6.45, 7) is 0. The lowest BCUT2D eigenvalue weighted by molar-refractivity contribution is 0.0875. The van der Waals surface area contributed by atoms with Gasteiger partial charge in [0, 0.05) is 11.1 Å². The summed E-state index contributed by atoms with van der Waals surface area (Å²) in [4.78, 5) is 23.9. The molecule has 4 N–H and O–H groups in total. The fraction of sp³-hybridized carbons (Fsp3) is 0.286. The number of aromatic hydroxyl groups is 2. The van der Waals surface area contributed by atoms with Crippen LogP contribution in [0.4, 0.5) is 0 Å². The summed E-state index contributed by atoms with van der Waals surface area (Å²) in [7, 11) is 0. The number of phenols is 2. The molecule has 0 aliphatic heterocycles. The van der Waals surface area contributed by atoms with Crippen molar-refractivity contribution in [1.29, 1.82) is 0 Å². The first-order valence-electron chi connectivity index (χ1n) is 6.26. The molecule has 6 heteroatoms. The molecular formula is C14H12O6. The Labute approximate surface area is 113 Å². The number of phenolic OH excluding ortho intramolecular Hbond substituents is 2. The van der Waals surface area contributed by atoms with Crippen molar-refractivity contribution in [3.05, 3.63) is 33.8 Å². The Morgan fingerprint density at radius 2 is 1.00 bits per heavy atom. The van der Waals surface area contributed by atoms with Gasteiger partial charge in [0.15, 0.2) is 0 Å². The molecule has 1 aromatic carbocycles. The molecule has 20 heavy (non-hydrogen) atoms. The van der Waals surface area contributed by atoms with Crippen LogP contribution in [0.15, 0.2) is 11.5 Å². The second-order valence-corrected chi connectivity index (χ2v) is 4.97. The fourth-order valence-corrected chi connectivity index (χ4v) is 2.86. The molecular weight excluding hydrogens is 264 g/mol. The molecule has 0 saturated heterocycles. The minimum absolute atomic E-state index is 0.384. The summed E-state index contributed by atoms with van der Waals surface area (Å²) in [6.07, 6.45) is 2.57. The average molecular weight is 276 g/mol. The van der Waals surface area contributed by atoms with Crippen LogP contribution >= 0.6 is 0 Å². The molecule has 1 aromatic rings. The second-order valence-electron chi connectivity index (χ2n) is 4.97. The Hall–Kier alpha value is -2.50. The van der Waals surface area contributed by atoms with Gasteiger partial charge in [-0.2, -0.15) is 0 Å². The van der Waals surface area contributed by atoms with Crippen molar-refractivity contribution in [3.8, 4) is 11.5 Å². The van der Waals surface area contributed by atoms with Crippen molar-refractivity contribution >= 4 is 11.6 Å². The van der Waals surface area contributed by atoms with Crippen LogP contribution in [0.25, 0.3) is 0 Å². The van der Waals surface area contributed by atoms with Crippen molar-refractivity contribution in [1.82, 2.24) is 0 Å². The molecule has 2 aliphatic carbocycles. The first-order valence-corrected chi connectivity index (χ1v) is 6.26. The van der Waals surface area contributed by atoms with E-state index in [-0.39, 0.29) is 11.5 Å². The minimum atomic E-state index is -1.10. The van der Waals surface area contributed by atoms with Gasteiger partial charge in [0.2, 0.25) is 23.1 Å². The molecule has 0 spiro atoms. The lowest BCUT2D eigenvalue weighted by Gasteiger charge is -2.24. The Morgan fingerprint density at radius 3 is 1.35 bits per heavy atom. The van der Waals surface area contributed by atoms with E-state index >= 15 is 0 Å². The standard InChI is InChI=1S/C14H12O6/c15-9-5-3-1-2-4-6(5)10(16)8-7(9)11(17)13(19)14(20)12(8)18/h15-16,19-20H,1-4H2. The van der Waals surface area contributed by atoms with Gasteiger partial charge in [-0.1, -0.05) is 0 Å². The highest BCUT2D eigenvalue weighted by Gasteiger charge is 2.39. The zero-order valence-electron chi connectivity index (χ0n) is 10.4. The molecule has 0 fully saturated rings. The highest BCUT2D eigenvalue weighted by atomic mass is 16.3. The Kier molecular flexibility index (Phi) is 2.50. The van der Waals surface area contributed by atoms with E-state index in [4.69, 9.17) is 0 Å². The van der Waals surface area contributed by atoms with E-state index in [0.717, 1.165) is 12.8 Å². The maximum absolute atomic E-state index is 11.9. The summed E-state index contributed by atoms with van der Waals surface area (Å²) in [5.41, 5.74) is 0.0116. The van der Waals surface area contributed by atoms with Crippen LogP contribution in [0.2, 0.25) is 0 Å². The Morgan fingerprint density at radius 1 is 0.650 bits per heavy atom. The summed E-state index contributed by atoms with van der Waals surface area (Å²) in [5, 5.41) is 39.3. The lowest BCUT2D eigenvalue weighted by Crippen LogP contribution is -2.24. The zero-order valence-corrected chi connectivity index (χ0v) is 10.4. The number of hydrogen-bond acceptors (Lipinski definition) is 6. The van der Waals surface area contributed by atoms with E-state index in [9.17, 15) is 30.0 Å². The third kappa shape index (κ3) is 1.39. The van der Waals surface area contributed by atoms with Crippen molar-refractivity contribution in [2.45, 2.75) is 25.7 Å². The fourth-order valence-electron chi connectivity index (χ4n) is 2.86. The monoisotopic (exact) mass is 276 g/mol. The average Bonchev–Trinajstić information content (AvgIpc) is 2.46. The first-order chi connectivity index (χ1) is 9.45. The van der Waals surface area contributed by atoms with Crippen LogP contribution in [0, 0.1) is 0 Å². The number of rotatable bonds is 0. The van der Waals surface area contributed by atoms with E-state index in [1.165, 1.54) is 0 Å². The number of allylic oxidation sites excluding steroid dienone is 2. The van der Waals surface area contributed by atoms with Gasteiger partial charge in [-0.15, -0.1) is 0 Å². The molecule has 0 unspecified atom stereocenters. The van der Waals surface area contributed by atoms with E-state index in [2.05, 4.69) is 0 Å². The third-order valence-corrected chi connectivity index (χ3v) is 3.87. The molecule has 3 rings (SSSR count). The van der Waals surface area contributed by atoms with Crippen LogP contribution < -0.4 is 0 Å². The minimum Gasteiger partial charge on any atom is -0.507 e. The van der Waals surface area contributed by atoms with Gasteiger partial charge in [-0.25, -0.2) is 0 Å². The van der Waals surface area contributed by atoms with Crippen LogP contribution in [0.5, 0.6) is 11.5 Å². The number of hydrogen-bond donors (Lipinski definition) is 4. The predicted molar refractivity (Wildman–Crippen MR) is 67.4 cm³/mol. The molecule has 6 nitrogen and oxygen atoms in total. The van der Waals surface area contributed by atoms with Crippen molar-refractivity contribution < 1.29 is 30.0 Å². The maximum atomic E-state index is 11.9. The molecule has 0 amide bonds. The zero-order chi connectivity index (χ0) is 14.6. The van der Waals surface area contributed by atoms with Gasteiger partial charge in [-0.05, 0) is 25.7 Å². The molecule has 104 valence electrons. The van der Waals surface area contributed by atoms with Crippen molar-refractivity contribution in [2.75, 3.05) is 0 Å². The molecule has 2 aliphatic rings. The SMILES string of the molecule is O=C1C(O)=C(O)C(=O)c2c(O)c3c(c(O)c21)CCCC3. The van der Waals surface area contributed by atoms with Gasteiger partial charge >= 0.3 is 0 Å². The highest BCUT2D eigenvalue weighted by Crippen LogP contribution is 2.44. The normalized spacial score (nSPS) is 18.0. The van der Waals surface area contributed by atoms with Gasteiger partial charge in [0.25, 0.3) is 0 Å². The van der Waals surface area contributed by atoms with E-state index in [1.807, 2.05) is 0 Å². The van der Waals surface area contributed by atoms with Crippen LogP contribution in [0.3, 0.4) is 0 Å². The Balaban J connectivity index is 2.40. The van der Waals surface area contributed by atoms with Gasteiger partial charge in [0.05, 0.1) is 11.1 Å². The predicted octanol–water partition coefficient (Wildman–Crippen LogP) is 1.68. The third-order valence-electron chi connectivity index (χ3n) is 3.87. The van der Waals surface area contributed by atoms with E-state index in [0.29, 0.717) is 24.0 Å². The summed E-state index contributed by atoms with van der Waals surface area (Å²) in [6, 6.07) is 0. The van der Waals surface area contributed by atoms with Crippen molar-refractivity contribution in [2.24, 2.45) is 0 Å². The highest BCUT2D eigenvalue weighted by molar-refractivity contribution is 6.27. The number of Topliss-reactive ketones (excluding diaryl/α,β-unsaturated/α-hetero) is 2. The molecule has 0 saturated carbocycles. The molecule has 0 radical (unpaired) electrons. The number of carbonyl (C=O) groups excluding carboxylic acids is 2. The van der Waals surface area contributed by atoms with Crippen LogP contribution in [-0.4, -0.2) is 32.0 Å². The topological polar surface area (TPSA) is 115 Å². The summed E-state index contributed by atoms with van der Waals surface area (Å²) in [5.74, 6) is -5.09. The number of fused-ring (bicyclic) bond motifs is 2. The number of carbonyl (C=O) groups is 2. The smallest absolute Gasteiger partial charge is 0.236 e. The number of benzene rings is 1. The molecule has 0 bridgehead atoms. The van der Waals surface area contributed by atoms with Gasteiger partial charge in [0.1, 0.15) is 11.5 Å². The molecule has 0 atom stereocenters. The van der Waals surface area contributed by atoms with Crippen molar-refractivity contribution in [3.63, 3.8) is 0 Å². The van der Waals surface area contributed by atoms with Gasteiger partial charge < -0.3 is 20.4 Å². The number of ketones is 2. The summed E-state index contributed by atoms with van der Waals surface area (Å²) >= 11 is 0. The molecule has 0 heterocycles. The van der Waals surface area contributed by atoms with E-state index in [1.54, 1.807) is 0 Å². The van der Waals surface area contributed by atoms with Crippen LogP contribution in [-0.2, 0) is 12.8 Å². The van der Waals surface area contributed by atoms with E-state index < -0.39 is 34.2 Å². The molecule has 0 aromatic heterocycles. The lowest BCUT2D eigenvalue weighted by atomic mass is 9.81. The van der Waals surface area contributed by atoms with Crippen LogP contribution in [0.1, 0.15) is 44.7 Å². The second kappa shape index (κ2) is 4.00. The number of aliphatic hydroxyl groups is 2. The maximum Gasteiger partial charge on any atom is 0.236 e.